The number of anilines is 3. The molecule has 0 bridgehead atoms. The van der Waals surface area contributed by atoms with Crippen LogP contribution in [-0.2, 0) is 0 Å². The largest absolute Gasteiger partial charge is 0.367 e. The number of aromatic nitrogens is 3. The van der Waals surface area contributed by atoms with Crippen LogP contribution in [0.3, 0.4) is 0 Å². The molecule has 3 rings (SSSR count). The van der Waals surface area contributed by atoms with E-state index in [0.29, 0.717) is 41.1 Å². The smallest absolute Gasteiger partial charge is 0.252 e. The van der Waals surface area contributed by atoms with Gasteiger partial charge in [0.25, 0.3) is 5.91 Å². The molecule has 0 atom stereocenters. The lowest BCUT2D eigenvalue weighted by Crippen LogP contribution is -2.29. The normalized spacial score (nSPS) is 10.3. The van der Waals surface area contributed by atoms with Crippen molar-refractivity contribution in [2.24, 2.45) is 0 Å². The summed E-state index contributed by atoms with van der Waals surface area (Å²) < 4.78 is 0. The summed E-state index contributed by atoms with van der Waals surface area (Å²) in [6, 6.07) is 16.3. The number of nitrogens with one attached hydrogen (secondary N) is 3. The summed E-state index contributed by atoms with van der Waals surface area (Å²) in [6.07, 6.45) is 0. The highest BCUT2D eigenvalue weighted by atomic mass is 35.5. The maximum Gasteiger partial charge on any atom is 0.252 e. The standard InChI is InChI=1S/C19H19ClN6O/c1-13-5-4-8-17(23-13)24-18-10-9-16(25-26-18)21-11-12-22-19(27)14-6-2-3-7-15(14)20/h2-10H,11-12H2,1H3,(H,21,25)(H,22,27)(H,23,24,26). The first-order chi connectivity index (χ1) is 13.1. The fraction of sp³-hybridized carbons (Fsp3) is 0.158. The lowest BCUT2D eigenvalue weighted by Gasteiger charge is -2.09. The quantitative estimate of drug-likeness (QED) is 0.542. The molecule has 0 saturated carbocycles. The summed E-state index contributed by atoms with van der Waals surface area (Å²) in [6.45, 7) is 2.87. The molecule has 1 amide bonds. The SMILES string of the molecule is Cc1cccc(Nc2ccc(NCCNC(=O)c3ccccc3Cl)nn2)n1. The van der Waals surface area contributed by atoms with Gasteiger partial charge in [0.15, 0.2) is 5.82 Å². The van der Waals surface area contributed by atoms with Gasteiger partial charge in [-0.2, -0.15) is 0 Å². The molecule has 8 heteroatoms. The van der Waals surface area contributed by atoms with E-state index < -0.39 is 0 Å². The lowest BCUT2D eigenvalue weighted by atomic mass is 10.2. The van der Waals surface area contributed by atoms with Crippen molar-refractivity contribution >= 4 is 35.0 Å². The fourth-order valence-corrected chi connectivity index (χ4v) is 2.57. The zero-order chi connectivity index (χ0) is 19.1. The number of aryl methyl sites for hydroxylation is 1. The van der Waals surface area contributed by atoms with Crippen LogP contribution >= 0.6 is 11.6 Å². The van der Waals surface area contributed by atoms with Gasteiger partial charge in [-0.05, 0) is 43.3 Å². The molecule has 0 saturated heterocycles. The number of hydrogen-bond acceptors (Lipinski definition) is 6. The van der Waals surface area contributed by atoms with Gasteiger partial charge in [0, 0.05) is 18.8 Å². The van der Waals surface area contributed by atoms with E-state index in [1.54, 1.807) is 30.3 Å². The molecule has 0 aliphatic carbocycles. The summed E-state index contributed by atoms with van der Waals surface area (Å²) in [7, 11) is 0. The zero-order valence-corrected chi connectivity index (χ0v) is 15.5. The maximum atomic E-state index is 12.1. The van der Waals surface area contributed by atoms with Gasteiger partial charge in [0.2, 0.25) is 0 Å². The first-order valence-electron chi connectivity index (χ1n) is 8.43. The van der Waals surface area contributed by atoms with Crippen molar-refractivity contribution in [3.05, 3.63) is 70.9 Å². The van der Waals surface area contributed by atoms with E-state index >= 15 is 0 Å². The molecule has 0 radical (unpaired) electrons. The van der Waals surface area contributed by atoms with E-state index in [9.17, 15) is 4.79 Å². The summed E-state index contributed by atoms with van der Waals surface area (Å²) in [4.78, 5) is 16.4. The Bertz CT molecular complexity index is 916. The van der Waals surface area contributed by atoms with Crippen molar-refractivity contribution in [3.63, 3.8) is 0 Å². The Morgan fingerprint density at radius 2 is 1.70 bits per heavy atom. The summed E-state index contributed by atoms with van der Waals surface area (Å²) in [5, 5.41) is 17.6. The van der Waals surface area contributed by atoms with Crippen LogP contribution in [0.2, 0.25) is 5.02 Å². The van der Waals surface area contributed by atoms with Crippen molar-refractivity contribution in [1.29, 1.82) is 0 Å². The number of nitrogens with zero attached hydrogens (tertiary/aromatic N) is 3. The van der Waals surface area contributed by atoms with E-state index in [-0.39, 0.29) is 5.91 Å². The molecule has 0 unspecified atom stereocenters. The summed E-state index contributed by atoms with van der Waals surface area (Å²) >= 11 is 6.00. The molecule has 0 aliphatic rings. The fourth-order valence-electron chi connectivity index (χ4n) is 2.34. The number of carbonyl (C=O) groups excluding carboxylic acids is 1. The predicted molar refractivity (Wildman–Crippen MR) is 107 cm³/mol. The highest BCUT2D eigenvalue weighted by molar-refractivity contribution is 6.33. The Kier molecular flexibility index (Phi) is 6.17. The summed E-state index contributed by atoms with van der Waals surface area (Å²) in [5.74, 6) is 1.72. The average molecular weight is 383 g/mol. The Morgan fingerprint density at radius 1 is 0.926 bits per heavy atom. The van der Waals surface area contributed by atoms with E-state index in [2.05, 4.69) is 31.1 Å². The van der Waals surface area contributed by atoms with E-state index in [1.807, 2.05) is 31.2 Å². The minimum atomic E-state index is -0.210. The van der Waals surface area contributed by atoms with Crippen LogP contribution in [0.1, 0.15) is 16.1 Å². The van der Waals surface area contributed by atoms with Crippen molar-refractivity contribution in [2.45, 2.75) is 6.92 Å². The number of hydrogen-bond donors (Lipinski definition) is 3. The third kappa shape index (κ3) is 5.39. The van der Waals surface area contributed by atoms with Gasteiger partial charge < -0.3 is 16.0 Å². The molecule has 2 heterocycles. The topological polar surface area (TPSA) is 91.8 Å². The van der Waals surface area contributed by atoms with E-state index in [1.165, 1.54) is 0 Å². The maximum absolute atomic E-state index is 12.1. The van der Waals surface area contributed by atoms with Gasteiger partial charge in [-0.3, -0.25) is 4.79 Å². The van der Waals surface area contributed by atoms with Crippen molar-refractivity contribution in [2.75, 3.05) is 23.7 Å². The molecule has 0 spiro atoms. The van der Waals surface area contributed by atoms with Crippen LogP contribution in [0.15, 0.2) is 54.6 Å². The number of halogens is 1. The third-order valence-electron chi connectivity index (χ3n) is 3.64. The predicted octanol–water partition coefficient (Wildman–Crippen LogP) is 3.42. The molecule has 0 fully saturated rings. The number of amides is 1. The number of pyridine rings is 1. The molecule has 7 nitrogen and oxygen atoms in total. The van der Waals surface area contributed by atoms with Gasteiger partial charge in [0.05, 0.1) is 10.6 Å². The van der Waals surface area contributed by atoms with Crippen molar-refractivity contribution in [3.8, 4) is 0 Å². The second-order valence-electron chi connectivity index (χ2n) is 5.76. The van der Waals surface area contributed by atoms with Crippen LogP contribution in [0.25, 0.3) is 0 Å². The highest BCUT2D eigenvalue weighted by Gasteiger charge is 2.08. The molecule has 0 aliphatic heterocycles. The number of rotatable bonds is 7. The first-order valence-corrected chi connectivity index (χ1v) is 8.80. The summed E-state index contributed by atoms with van der Waals surface area (Å²) in [5.41, 5.74) is 1.38. The van der Waals surface area contributed by atoms with Crippen molar-refractivity contribution in [1.82, 2.24) is 20.5 Å². The van der Waals surface area contributed by atoms with E-state index in [4.69, 9.17) is 11.6 Å². The van der Waals surface area contributed by atoms with Gasteiger partial charge in [-0.25, -0.2) is 4.98 Å². The van der Waals surface area contributed by atoms with Gasteiger partial charge >= 0.3 is 0 Å². The molecular formula is C19H19ClN6O. The highest BCUT2D eigenvalue weighted by Crippen LogP contribution is 2.14. The molecule has 1 aromatic carbocycles. The lowest BCUT2D eigenvalue weighted by molar-refractivity contribution is 0.0955. The van der Waals surface area contributed by atoms with Crippen LogP contribution in [0, 0.1) is 6.92 Å². The molecule has 138 valence electrons. The van der Waals surface area contributed by atoms with Crippen LogP contribution in [0.4, 0.5) is 17.5 Å². The van der Waals surface area contributed by atoms with Crippen LogP contribution in [0.5, 0.6) is 0 Å². The average Bonchev–Trinajstić information content (AvgIpc) is 2.67. The van der Waals surface area contributed by atoms with Gasteiger partial charge in [-0.1, -0.05) is 29.8 Å². The second-order valence-corrected chi connectivity index (χ2v) is 6.16. The Balaban J connectivity index is 1.45. The minimum Gasteiger partial charge on any atom is -0.367 e. The van der Waals surface area contributed by atoms with Crippen LogP contribution < -0.4 is 16.0 Å². The number of benzene rings is 1. The monoisotopic (exact) mass is 382 g/mol. The second kappa shape index (κ2) is 8.95. The molecule has 2 aromatic heterocycles. The minimum absolute atomic E-state index is 0.210. The number of carbonyl (C=O) groups is 1. The van der Waals surface area contributed by atoms with Crippen LogP contribution in [-0.4, -0.2) is 34.2 Å². The van der Waals surface area contributed by atoms with Gasteiger partial charge in [0.1, 0.15) is 11.6 Å². The van der Waals surface area contributed by atoms with Crippen molar-refractivity contribution < 1.29 is 4.79 Å². The Labute approximate surface area is 162 Å². The molecular weight excluding hydrogens is 364 g/mol. The molecule has 27 heavy (non-hydrogen) atoms. The first kappa shape index (κ1) is 18.6. The van der Waals surface area contributed by atoms with Gasteiger partial charge in [-0.15, -0.1) is 10.2 Å². The molecule has 3 aromatic rings. The zero-order valence-electron chi connectivity index (χ0n) is 14.7. The Morgan fingerprint density at radius 3 is 2.44 bits per heavy atom. The Hall–Kier alpha value is -3.19. The van der Waals surface area contributed by atoms with E-state index in [0.717, 1.165) is 5.69 Å². The molecule has 3 N–H and O–H groups in total. The third-order valence-corrected chi connectivity index (χ3v) is 3.97.